The lowest BCUT2D eigenvalue weighted by atomic mass is 9.86. The fourth-order valence-corrected chi connectivity index (χ4v) is 2.17. The molecule has 2 aromatic carbocycles. The molecule has 0 amide bonds. The fraction of sp³-hybridized carbons (Fsp3) is 0.278. The molecule has 0 atom stereocenters. The molecular formula is C18H18ClNO. The number of ether oxygens (including phenoxy) is 1. The maximum absolute atomic E-state index is 8.89. The summed E-state index contributed by atoms with van der Waals surface area (Å²) in [4.78, 5) is 0. The van der Waals surface area contributed by atoms with E-state index in [4.69, 9.17) is 21.6 Å². The summed E-state index contributed by atoms with van der Waals surface area (Å²) in [5.74, 6) is 1.44. The van der Waals surface area contributed by atoms with E-state index in [1.165, 1.54) is 5.56 Å². The average molecular weight is 300 g/mol. The van der Waals surface area contributed by atoms with Crippen LogP contribution in [0.15, 0.2) is 36.4 Å². The van der Waals surface area contributed by atoms with Gasteiger partial charge in [-0.05, 0) is 41.7 Å². The second kappa shape index (κ2) is 5.79. The molecule has 0 saturated heterocycles. The molecule has 0 heterocycles. The summed E-state index contributed by atoms with van der Waals surface area (Å²) in [6.07, 6.45) is 0. The van der Waals surface area contributed by atoms with Crippen molar-refractivity contribution in [1.82, 2.24) is 0 Å². The first kappa shape index (κ1) is 15.4. The summed E-state index contributed by atoms with van der Waals surface area (Å²) in [6, 6.07) is 13.4. The lowest BCUT2D eigenvalue weighted by Gasteiger charge is -2.21. The van der Waals surface area contributed by atoms with Gasteiger partial charge in [0.2, 0.25) is 0 Å². The van der Waals surface area contributed by atoms with E-state index in [-0.39, 0.29) is 5.41 Å². The highest BCUT2D eigenvalue weighted by atomic mass is 35.5. The molecule has 0 aliphatic carbocycles. The first-order valence-electron chi connectivity index (χ1n) is 6.80. The van der Waals surface area contributed by atoms with Gasteiger partial charge >= 0.3 is 0 Å². The van der Waals surface area contributed by atoms with Gasteiger partial charge in [-0.25, -0.2) is 0 Å². The predicted molar refractivity (Wildman–Crippen MR) is 86.1 cm³/mol. The largest absolute Gasteiger partial charge is 0.457 e. The molecule has 0 fully saturated rings. The number of aryl methyl sites for hydroxylation is 1. The van der Waals surface area contributed by atoms with Gasteiger partial charge in [0.1, 0.15) is 17.6 Å². The van der Waals surface area contributed by atoms with E-state index in [0.717, 1.165) is 11.3 Å². The van der Waals surface area contributed by atoms with Crippen LogP contribution >= 0.6 is 11.6 Å². The van der Waals surface area contributed by atoms with Crippen LogP contribution in [0, 0.1) is 18.3 Å². The maximum atomic E-state index is 8.89. The second-order valence-corrected chi connectivity index (χ2v) is 6.49. The van der Waals surface area contributed by atoms with Crippen LogP contribution < -0.4 is 4.74 Å². The number of nitrogens with zero attached hydrogens (tertiary/aromatic N) is 1. The average Bonchev–Trinajstić information content (AvgIpc) is 2.40. The Hall–Kier alpha value is -1.98. The van der Waals surface area contributed by atoms with E-state index in [1.807, 2.05) is 13.0 Å². The summed E-state index contributed by atoms with van der Waals surface area (Å²) in [5.41, 5.74) is 2.78. The standard InChI is InChI=1S/C18H18ClNO/c1-12-5-7-14(18(2,3)4)9-17(12)21-15-8-6-13(11-20)16(19)10-15/h5-10H,1-4H3. The van der Waals surface area contributed by atoms with Crippen molar-refractivity contribution in [3.63, 3.8) is 0 Å². The maximum Gasteiger partial charge on any atom is 0.130 e. The number of nitriles is 1. The number of hydrogen-bond acceptors (Lipinski definition) is 2. The van der Waals surface area contributed by atoms with Crippen molar-refractivity contribution >= 4 is 11.6 Å². The van der Waals surface area contributed by atoms with Gasteiger partial charge in [-0.1, -0.05) is 44.5 Å². The van der Waals surface area contributed by atoms with Gasteiger partial charge in [-0.15, -0.1) is 0 Å². The molecule has 0 spiro atoms. The van der Waals surface area contributed by atoms with Gasteiger partial charge in [-0.3, -0.25) is 0 Å². The molecule has 0 aromatic heterocycles. The zero-order chi connectivity index (χ0) is 15.6. The van der Waals surface area contributed by atoms with E-state index in [1.54, 1.807) is 18.2 Å². The number of hydrogen-bond donors (Lipinski definition) is 0. The molecule has 0 radical (unpaired) electrons. The summed E-state index contributed by atoms with van der Waals surface area (Å²) >= 11 is 6.04. The lowest BCUT2D eigenvalue weighted by molar-refractivity contribution is 0.475. The SMILES string of the molecule is Cc1ccc(C(C)(C)C)cc1Oc1ccc(C#N)c(Cl)c1. The van der Waals surface area contributed by atoms with Crippen molar-refractivity contribution in [2.75, 3.05) is 0 Å². The van der Waals surface area contributed by atoms with Crippen LogP contribution in [0.2, 0.25) is 5.02 Å². The first-order chi connectivity index (χ1) is 9.81. The molecule has 0 saturated carbocycles. The quantitative estimate of drug-likeness (QED) is 0.722. The Kier molecular flexibility index (Phi) is 4.25. The van der Waals surface area contributed by atoms with Crippen LogP contribution in [-0.4, -0.2) is 0 Å². The smallest absolute Gasteiger partial charge is 0.130 e. The van der Waals surface area contributed by atoms with Crippen molar-refractivity contribution in [3.8, 4) is 17.6 Å². The minimum absolute atomic E-state index is 0.0636. The second-order valence-electron chi connectivity index (χ2n) is 6.09. The van der Waals surface area contributed by atoms with Gasteiger partial charge in [0.15, 0.2) is 0 Å². The monoisotopic (exact) mass is 299 g/mol. The van der Waals surface area contributed by atoms with Gasteiger partial charge < -0.3 is 4.74 Å². The fourth-order valence-electron chi connectivity index (χ4n) is 1.95. The topological polar surface area (TPSA) is 33.0 Å². The number of rotatable bonds is 2. The van der Waals surface area contributed by atoms with E-state index in [2.05, 4.69) is 39.0 Å². The van der Waals surface area contributed by atoms with Gasteiger partial charge in [-0.2, -0.15) is 5.26 Å². The van der Waals surface area contributed by atoms with E-state index in [0.29, 0.717) is 16.3 Å². The van der Waals surface area contributed by atoms with Crippen LogP contribution in [0.25, 0.3) is 0 Å². The van der Waals surface area contributed by atoms with Crippen LogP contribution in [0.5, 0.6) is 11.5 Å². The third kappa shape index (κ3) is 3.56. The third-order valence-electron chi connectivity index (χ3n) is 3.34. The van der Waals surface area contributed by atoms with Crippen LogP contribution in [0.4, 0.5) is 0 Å². The Bertz CT molecular complexity index is 708. The van der Waals surface area contributed by atoms with Crippen molar-refractivity contribution in [3.05, 3.63) is 58.1 Å². The minimum Gasteiger partial charge on any atom is -0.457 e. The Morgan fingerprint density at radius 2 is 1.81 bits per heavy atom. The van der Waals surface area contributed by atoms with Crippen molar-refractivity contribution < 1.29 is 4.74 Å². The molecule has 3 heteroatoms. The van der Waals surface area contributed by atoms with E-state index in [9.17, 15) is 0 Å². The predicted octanol–water partition coefficient (Wildman–Crippen LogP) is 5.61. The van der Waals surface area contributed by atoms with E-state index >= 15 is 0 Å². The molecule has 108 valence electrons. The van der Waals surface area contributed by atoms with Crippen LogP contribution in [-0.2, 0) is 5.41 Å². The van der Waals surface area contributed by atoms with Gasteiger partial charge in [0.25, 0.3) is 0 Å². The highest BCUT2D eigenvalue weighted by Gasteiger charge is 2.15. The number of benzene rings is 2. The summed E-state index contributed by atoms with van der Waals surface area (Å²) in [6.45, 7) is 8.51. The first-order valence-corrected chi connectivity index (χ1v) is 7.17. The van der Waals surface area contributed by atoms with Crippen LogP contribution in [0.3, 0.4) is 0 Å². The normalized spacial score (nSPS) is 11.0. The molecule has 0 aliphatic heterocycles. The summed E-state index contributed by atoms with van der Waals surface area (Å²) in [7, 11) is 0. The third-order valence-corrected chi connectivity index (χ3v) is 3.66. The van der Waals surface area contributed by atoms with Crippen molar-refractivity contribution in [1.29, 1.82) is 5.26 Å². The Morgan fingerprint density at radius 3 is 2.38 bits per heavy atom. The molecule has 0 unspecified atom stereocenters. The molecule has 0 aliphatic rings. The van der Waals surface area contributed by atoms with Gasteiger partial charge in [0.05, 0.1) is 10.6 Å². The highest BCUT2D eigenvalue weighted by Crippen LogP contribution is 2.32. The molecule has 0 bridgehead atoms. The minimum atomic E-state index is 0.0636. The zero-order valence-electron chi connectivity index (χ0n) is 12.7. The number of halogens is 1. The molecule has 2 nitrogen and oxygen atoms in total. The summed E-state index contributed by atoms with van der Waals surface area (Å²) in [5, 5.41) is 9.30. The van der Waals surface area contributed by atoms with E-state index < -0.39 is 0 Å². The molecule has 2 aromatic rings. The molecule has 0 N–H and O–H groups in total. The van der Waals surface area contributed by atoms with Crippen LogP contribution in [0.1, 0.15) is 37.5 Å². The van der Waals surface area contributed by atoms with Gasteiger partial charge in [0, 0.05) is 6.07 Å². The lowest BCUT2D eigenvalue weighted by Crippen LogP contribution is -2.11. The van der Waals surface area contributed by atoms with Crippen molar-refractivity contribution in [2.45, 2.75) is 33.1 Å². The summed E-state index contributed by atoms with van der Waals surface area (Å²) < 4.78 is 5.93. The molecule has 2 rings (SSSR count). The molecular weight excluding hydrogens is 282 g/mol. The van der Waals surface area contributed by atoms with Crippen molar-refractivity contribution in [2.24, 2.45) is 0 Å². The zero-order valence-corrected chi connectivity index (χ0v) is 13.5. The Balaban J connectivity index is 2.35. The Morgan fingerprint density at radius 1 is 1.10 bits per heavy atom. The highest BCUT2D eigenvalue weighted by molar-refractivity contribution is 6.31. The Labute approximate surface area is 130 Å². The molecule has 21 heavy (non-hydrogen) atoms.